The van der Waals surface area contributed by atoms with Crippen LogP contribution in [0.5, 0.6) is 5.75 Å². The number of benzene rings is 4. The fourth-order valence-corrected chi connectivity index (χ4v) is 8.57. The Morgan fingerprint density at radius 2 is 1.62 bits per heavy atom. The van der Waals surface area contributed by atoms with E-state index in [1.54, 1.807) is 45.0 Å². The summed E-state index contributed by atoms with van der Waals surface area (Å²) in [6.07, 6.45) is 0.650. The number of para-hydroxylation sites is 1. The molecule has 0 amide bonds. The van der Waals surface area contributed by atoms with Gasteiger partial charge in [0.1, 0.15) is 11.2 Å². The van der Waals surface area contributed by atoms with E-state index in [-0.39, 0.29) is 42.4 Å². The summed E-state index contributed by atoms with van der Waals surface area (Å²) in [4.78, 5) is 8.60. The molecule has 0 aliphatic carbocycles. The van der Waals surface area contributed by atoms with Gasteiger partial charge in [-0.2, -0.15) is 0 Å². The van der Waals surface area contributed by atoms with Crippen molar-refractivity contribution in [2.75, 3.05) is 0 Å². The molecule has 1 radical (unpaired) electrons. The molecular formula is C44H42IrN2O2Si-2. The standard InChI is InChI=1S/C31H30NO2Si.C13H12N.Ir/c1-19-18-32-26(16-20(19)17-31(2,3)4)25-12-9-11-22-24-15-14-23-21-10-7-8-13-27(21)33-29(23)30(24)35(5,6)34-28(22)25;1-10-3-6-12(7-4-10)13-8-5-11(2)9-14-13;/h7-11,13-16,18H,17H2,1-6H3;3-6,8-9H,1-2H3;/q2*-1;/i1D3,17D2;1D3,2D3;. The largest absolute Gasteiger partial charge is 0.583 e. The molecule has 4 heterocycles. The van der Waals surface area contributed by atoms with E-state index in [0.717, 1.165) is 38.3 Å². The van der Waals surface area contributed by atoms with Crippen LogP contribution in [-0.2, 0) is 26.5 Å². The molecule has 0 unspecified atom stereocenters. The van der Waals surface area contributed by atoms with Gasteiger partial charge < -0.3 is 18.8 Å². The summed E-state index contributed by atoms with van der Waals surface area (Å²) in [5.41, 5.74) is 5.30. The third-order valence-corrected chi connectivity index (χ3v) is 10.7. The summed E-state index contributed by atoms with van der Waals surface area (Å²) < 4.78 is 98.8. The summed E-state index contributed by atoms with van der Waals surface area (Å²) in [6.45, 7) is 2.70. The predicted octanol–water partition coefficient (Wildman–Crippen LogP) is 11.0. The summed E-state index contributed by atoms with van der Waals surface area (Å²) in [5.74, 6) is 0.624. The molecule has 0 N–H and O–H groups in total. The quantitative estimate of drug-likeness (QED) is 0.131. The smallest absolute Gasteiger partial charge is 0.268 e. The zero-order valence-electron chi connectivity index (χ0n) is 39.3. The Kier molecular flexibility index (Phi) is 6.58. The van der Waals surface area contributed by atoms with Crippen molar-refractivity contribution in [2.45, 2.75) is 60.8 Å². The maximum atomic E-state index is 8.91. The maximum absolute atomic E-state index is 8.91. The van der Waals surface area contributed by atoms with E-state index in [2.05, 4.69) is 53.4 Å². The van der Waals surface area contributed by atoms with Crippen molar-refractivity contribution in [3.05, 3.63) is 132 Å². The second-order valence-corrected chi connectivity index (χ2v) is 17.3. The molecule has 255 valence electrons. The molecule has 0 saturated heterocycles. The number of aryl methyl sites for hydroxylation is 3. The number of pyridine rings is 2. The minimum atomic E-state index is -2.58. The number of furan rings is 1. The van der Waals surface area contributed by atoms with E-state index in [4.69, 9.17) is 23.9 Å². The number of hydrogen-bond acceptors (Lipinski definition) is 4. The fourth-order valence-electron chi connectivity index (χ4n) is 6.15. The Balaban J connectivity index is 0.000000250. The van der Waals surface area contributed by atoms with Crippen LogP contribution >= 0.6 is 0 Å². The first-order chi connectivity index (χ1) is 27.8. The van der Waals surface area contributed by atoms with Crippen molar-refractivity contribution in [1.29, 1.82) is 0 Å². The van der Waals surface area contributed by atoms with Gasteiger partial charge in [-0.05, 0) is 78.8 Å². The van der Waals surface area contributed by atoms with E-state index in [0.29, 0.717) is 28.3 Å². The van der Waals surface area contributed by atoms with Crippen molar-refractivity contribution >= 4 is 35.4 Å². The first-order valence-electron chi connectivity index (χ1n) is 21.5. The average Bonchev–Trinajstić information content (AvgIpc) is 3.55. The van der Waals surface area contributed by atoms with Crippen molar-refractivity contribution in [1.82, 2.24) is 9.97 Å². The number of hydrogen-bond donors (Lipinski definition) is 0. The Bertz CT molecular complexity index is 2680. The molecule has 0 saturated carbocycles. The van der Waals surface area contributed by atoms with Crippen LogP contribution in [0.15, 0.2) is 102 Å². The zero-order valence-corrected chi connectivity index (χ0v) is 31.7. The van der Waals surface area contributed by atoms with Crippen LogP contribution in [0.3, 0.4) is 0 Å². The molecule has 0 fully saturated rings. The molecule has 0 spiro atoms. The minimum absolute atomic E-state index is 0. The molecule has 3 aromatic heterocycles. The topological polar surface area (TPSA) is 48.2 Å². The monoisotopic (exact) mass is 862 g/mol. The van der Waals surface area contributed by atoms with E-state index >= 15 is 0 Å². The Hall–Kier alpha value is -4.35. The Labute approximate surface area is 325 Å². The number of nitrogens with zero attached hydrogens (tertiary/aromatic N) is 2. The van der Waals surface area contributed by atoms with Gasteiger partial charge in [0.05, 0.1) is 0 Å². The molecule has 7 aromatic rings. The van der Waals surface area contributed by atoms with Gasteiger partial charge in [-0.3, -0.25) is 0 Å². The van der Waals surface area contributed by atoms with Crippen LogP contribution in [0.2, 0.25) is 13.1 Å². The summed E-state index contributed by atoms with van der Waals surface area (Å²) in [7, 11) is -2.58. The summed E-state index contributed by atoms with van der Waals surface area (Å²) >= 11 is 0. The second-order valence-electron chi connectivity index (χ2n) is 13.6. The van der Waals surface area contributed by atoms with Gasteiger partial charge in [-0.1, -0.05) is 86.8 Å². The van der Waals surface area contributed by atoms with Crippen LogP contribution in [0.1, 0.15) is 58.1 Å². The van der Waals surface area contributed by atoms with Crippen molar-refractivity contribution in [3.63, 3.8) is 0 Å². The van der Waals surface area contributed by atoms with Gasteiger partial charge in [0, 0.05) is 69.3 Å². The predicted molar refractivity (Wildman–Crippen MR) is 205 cm³/mol. The van der Waals surface area contributed by atoms with E-state index in [1.807, 2.05) is 24.3 Å². The number of rotatable bonds is 3. The molecule has 1 aliphatic heterocycles. The van der Waals surface area contributed by atoms with Crippen LogP contribution in [-0.4, -0.2) is 18.3 Å². The van der Waals surface area contributed by atoms with Crippen LogP contribution in [0.4, 0.5) is 0 Å². The third kappa shape index (κ3) is 6.98. The average molecular weight is 862 g/mol. The SMILES string of the molecule is [2H]C([2H])([2H])c1c[c-]c(-c2ccc(C([2H])([2H])[2H])cn2)cc1.[2H]C([2H])([2H])c1cnc(-c2[c-]ccc3c2O[Si](C)(C)c2c-3ccc3c2oc2ccccc23)cc1C([2H])([2H])C(C)(C)C.[Ir]. The first kappa shape index (κ1) is 23.9. The summed E-state index contributed by atoms with van der Waals surface area (Å²) in [6, 6.07) is 31.3. The van der Waals surface area contributed by atoms with Gasteiger partial charge in [-0.15, -0.1) is 53.6 Å². The Morgan fingerprint density at radius 1 is 0.820 bits per heavy atom. The van der Waals surface area contributed by atoms with Gasteiger partial charge in [0.15, 0.2) is 0 Å². The molecule has 6 heteroatoms. The van der Waals surface area contributed by atoms with Gasteiger partial charge >= 0.3 is 0 Å². The van der Waals surface area contributed by atoms with Gasteiger partial charge in [0.2, 0.25) is 0 Å². The molecule has 1 aliphatic rings. The van der Waals surface area contributed by atoms with Gasteiger partial charge in [0.25, 0.3) is 8.32 Å². The molecule has 0 bridgehead atoms. The van der Waals surface area contributed by atoms with Crippen LogP contribution in [0, 0.1) is 38.1 Å². The maximum Gasteiger partial charge on any atom is 0.268 e. The third-order valence-electron chi connectivity index (χ3n) is 8.27. The normalized spacial score (nSPS) is 17.3. The van der Waals surface area contributed by atoms with Crippen LogP contribution in [0.25, 0.3) is 55.6 Å². The zero-order chi connectivity index (χ0) is 43.8. The van der Waals surface area contributed by atoms with Crippen LogP contribution < -0.4 is 9.61 Å². The molecule has 0 atom stereocenters. The fraction of sp³-hybridized carbons (Fsp3) is 0.227. The van der Waals surface area contributed by atoms with E-state index < -0.39 is 40.7 Å². The molecule has 4 aromatic carbocycles. The van der Waals surface area contributed by atoms with Crippen molar-refractivity contribution in [3.8, 4) is 39.4 Å². The van der Waals surface area contributed by atoms with Crippen molar-refractivity contribution < 1.29 is 44.0 Å². The Morgan fingerprint density at radius 3 is 2.34 bits per heavy atom. The molecular weight excluding hydrogens is 809 g/mol. The minimum Gasteiger partial charge on any atom is -0.583 e. The number of fused-ring (bicyclic) bond motifs is 7. The second kappa shape index (κ2) is 13.8. The van der Waals surface area contributed by atoms with E-state index in [9.17, 15) is 0 Å². The van der Waals surface area contributed by atoms with Crippen molar-refractivity contribution in [2.24, 2.45) is 5.41 Å². The summed E-state index contributed by atoms with van der Waals surface area (Å²) in [5, 5.41) is 3.21. The molecule has 8 rings (SSSR count). The molecule has 50 heavy (non-hydrogen) atoms. The van der Waals surface area contributed by atoms with Gasteiger partial charge in [-0.25, -0.2) is 0 Å². The molecule has 4 nitrogen and oxygen atoms in total. The first-order valence-corrected chi connectivity index (χ1v) is 18.9. The number of aromatic nitrogens is 2. The van der Waals surface area contributed by atoms with E-state index in [1.165, 1.54) is 30.6 Å².